The Hall–Kier alpha value is -2.67. The van der Waals surface area contributed by atoms with E-state index in [-0.39, 0.29) is 0 Å². The first-order valence-electron chi connectivity index (χ1n) is 7.87. The van der Waals surface area contributed by atoms with Gasteiger partial charge in [-0.05, 0) is 56.4 Å². The molecule has 0 saturated carbocycles. The highest BCUT2D eigenvalue weighted by atomic mass is 32.1. The van der Waals surface area contributed by atoms with Crippen molar-refractivity contribution in [3.05, 3.63) is 53.3 Å². The lowest BCUT2D eigenvalue weighted by molar-refractivity contribution is 0.355. The van der Waals surface area contributed by atoms with Gasteiger partial charge < -0.3 is 14.8 Å². The van der Waals surface area contributed by atoms with Crippen LogP contribution < -0.4 is 20.2 Å². The molecular formula is C18H22N4O2S. The molecule has 2 rings (SSSR count). The fourth-order valence-corrected chi connectivity index (χ4v) is 2.42. The van der Waals surface area contributed by atoms with Crippen molar-refractivity contribution in [3.63, 3.8) is 0 Å². The van der Waals surface area contributed by atoms with E-state index < -0.39 is 0 Å². The first kappa shape index (κ1) is 18.7. The van der Waals surface area contributed by atoms with E-state index in [1.165, 1.54) is 0 Å². The predicted octanol–water partition coefficient (Wildman–Crippen LogP) is 2.64. The van der Waals surface area contributed by atoms with Gasteiger partial charge in [0.05, 0.1) is 19.9 Å². The van der Waals surface area contributed by atoms with E-state index in [0.717, 1.165) is 23.5 Å². The summed E-state index contributed by atoms with van der Waals surface area (Å²) >= 11 is 5.19. The van der Waals surface area contributed by atoms with Gasteiger partial charge in [-0.1, -0.05) is 6.07 Å². The molecule has 0 fully saturated rings. The van der Waals surface area contributed by atoms with Crippen LogP contribution in [0.2, 0.25) is 0 Å². The number of aryl methyl sites for hydroxylation is 1. The molecule has 0 unspecified atom stereocenters. The summed E-state index contributed by atoms with van der Waals surface area (Å²) in [4.78, 5) is 4.57. The minimum absolute atomic E-state index is 0.452. The molecule has 0 spiro atoms. The number of nitrogens with one attached hydrogen (secondary N) is 2. The third-order valence-electron chi connectivity index (χ3n) is 3.39. The highest BCUT2D eigenvalue weighted by molar-refractivity contribution is 7.80. The van der Waals surface area contributed by atoms with Crippen LogP contribution in [-0.2, 0) is 0 Å². The molecule has 0 bridgehead atoms. The maximum Gasteiger partial charge on any atom is 0.186 e. The van der Waals surface area contributed by atoms with Gasteiger partial charge in [-0.15, -0.1) is 0 Å². The van der Waals surface area contributed by atoms with E-state index in [2.05, 4.69) is 20.8 Å². The minimum Gasteiger partial charge on any atom is -0.493 e. The zero-order valence-electron chi connectivity index (χ0n) is 14.8. The summed E-state index contributed by atoms with van der Waals surface area (Å²) in [6, 6.07) is 11.4. The van der Waals surface area contributed by atoms with Gasteiger partial charge in [-0.2, -0.15) is 5.10 Å². The predicted molar refractivity (Wildman–Crippen MR) is 104 cm³/mol. The van der Waals surface area contributed by atoms with Crippen molar-refractivity contribution in [2.75, 3.05) is 20.8 Å². The van der Waals surface area contributed by atoms with Gasteiger partial charge in [0.15, 0.2) is 16.6 Å². The summed E-state index contributed by atoms with van der Waals surface area (Å²) in [5, 5.41) is 7.91. The van der Waals surface area contributed by atoms with Crippen LogP contribution in [0.4, 0.5) is 0 Å². The number of hydrazone groups is 1. The van der Waals surface area contributed by atoms with Crippen molar-refractivity contribution in [2.45, 2.75) is 13.8 Å². The molecule has 25 heavy (non-hydrogen) atoms. The molecule has 0 radical (unpaired) electrons. The van der Waals surface area contributed by atoms with Gasteiger partial charge in [-0.3, -0.25) is 10.4 Å². The summed E-state index contributed by atoms with van der Waals surface area (Å²) in [5.41, 5.74) is 5.99. The number of methoxy groups -OCH3 is 2. The van der Waals surface area contributed by atoms with Gasteiger partial charge in [0.1, 0.15) is 5.71 Å². The van der Waals surface area contributed by atoms with E-state index in [1.807, 2.05) is 50.2 Å². The highest BCUT2D eigenvalue weighted by Crippen LogP contribution is 2.28. The maximum absolute atomic E-state index is 5.39. The molecule has 1 aromatic carbocycles. The van der Waals surface area contributed by atoms with Crippen molar-refractivity contribution in [3.8, 4) is 11.5 Å². The minimum atomic E-state index is 0.452. The molecule has 0 saturated heterocycles. The molecule has 1 aromatic heterocycles. The van der Waals surface area contributed by atoms with Crippen molar-refractivity contribution >= 4 is 23.0 Å². The number of hydrogen-bond donors (Lipinski definition) is 2. The molecule has 0 aliphatic rings. The average Bonchev–Trinajstić information content (AvgIpc) is 2.62. The van der Waals surface area contributed by atoms with E-state index in [9.17, 15) is 0 Å². The number of hydrogen-bond acceptors (Lipinski definition) is 5. The van der Waals surface area contributed by atoms with Gasteiger partial charge in [0, 0.05) is 17.8 Å². The molecule has 7 heteroatoms. The van der Waals surface area contributed by atoms with E-state index >= 15 is 0 Å². The van der Waals surface area contributed by atoms with Crippen LogP contribution in [0.15, 0.2) is 41.5 Å². The van der Waals surface area contributed by atoms with Gasteiger partial charge in [-0.25, -0.2) is 0 Å². The quantitative estimate of drug-likeness (QED) is 0.470. The number of aromatic nitrogens is 1. The fraction of sp³-hybridized carbons (Fsp3) is 0.278. The third kappa shape index (κ3) is 4.90. The zero-order chi connectivity index (χ0) is 18.2. The molecule has 132 valence electrons. The Balaban J connectivity index is 2.47. The number of benzene rings is 1. The fourth-order valence-electron chi connectivity index (χ4n) is 2.23. The van der Waals surface area contributed by atoms with Gasteiger partial charge >= 0.3 is 0 Å². The molecule has 2 N–H and O–H groups in total. The van der Waals surface area contributed by atoms with Crippen LogP contribution in [0.1, 0.15) is 23.9 Å². The van der Waals surface area contributed by atoms with E-state index in [0.29, 0.717) is 22.3 Å². The summed E-state index contributed by atoms with van der Waals surface area (Å²) in [6.07, 6.45) is 0. The Morgan fingerprint density at radius 3 is 2.56 bits per heavy atom. The lowest BCUT2D eigenvalue weighted by Crippen LogP contribution is -2.32. The summed E-state index contributed by atoms with van der Waals surface area (Å²) < 4.78 is 10.7. The molecule has 6 nitrogen and oxygen atoms in total. The number of thiocarbonyl (C=S) groups is 1. The second kappa shape index (κ2) is 8.98. The summed E-state index contributed by atoms with van der Waals surface area (Å²) in [5.74, 6) is 1.27. The summed E-state index contributed by atoms with van der Waals surface area (Å²) in [7, 11) is 3.20. The molecule has 0 amide bonds. The Bertz CT molecular complexity index is 777. The van der Waals surface area contributed by atoms with Crippen LogP contribution in [0.5, 0.6) is 11.5 Å². The highest BCUT2D eigenvalue weighted by Gasteiger charge is 2.13. The van der Waals surface area contributed by atoms with Crippen LogP contribution in [0.3, 0.4) is 0 Å². The van der Waals surface area contributed by atoms with Crippen molar-refractivity contribution in [1.29, 1.82) is 0 Å². The molecule has 0 atom stereocenters. The zero-order valence-corrected chi connectivity index (χ0v) is 15.6. The SMILES string of the molecule is CCNC(=S)N/N=C(/c1ccc(OC)c(OC)c1)c1cccc(C)n1. The van der Waals surface area contributed by atoms with Gasteiger partial charge in [0.2, 0.25) is 0 Å². The molecule has 0 aliphatic carbocycles. The summed E-state index contributed by atoms with van der Waals surface area (Å²) in [6.45, 7) is 4.62. The average molecular weight is 358 g/mol. The largest absolute Gasteiger partial charge is 0.493 e. The number of ether oxygens (including phenoxy) is 2. The molecule has 1 heterocycles. The number of rotatable bonds is 6. The topological polar surface area (TPSA) is 67.8 Å². The second-order valence-corrected chi connectivity index (χ2v) is 5.57. The van der Waals surface area contributed by atoms with Crippen LogP contribution in [0, 0.1) is 6.92 Å². The lowest BCUT2D eigenvalue weighted by atomic mass is 10.1. The van der Waals surface area contributed by atoms with Crippen LogP contribution >= 0.6 is 12.2 Å². The van der Waals surface area contributed by atoms with Crippen LogP contribution in [-0.4, -0.2) is 36.6 Å². The van der Waals surface area contributed by atoms with Gasteiger partial charge in [0.25, 0.3) is 0 Å². The number of nitrogens with zero attached hydrogens (tertiary/aromatic N) is 2. The Morgan fingerprint density at radius 1 is 1.16 bits per heavy atom. The van der Waals surface area contributed by atoms with Crippen LogP contribution in [0.25, 0.3) is 0 Å². The monoisotopic (exact) mass is 358 g/mol. The van der Waals surface area contributed by atoms with E-state index in [4.69, 9.17) is 21.7 Å². The second-order valence-electron chi connectivity index (χ2n) is 5.17. The number of pyridine rings is 1. The van der Waals surface area contributed by atoms with Crippen molar-refractivity contribution < 1.29 is 9.47 Å². The Kier molecular flexibility index (Phi) is 6.71. The van der Waals surface area contributed by atoms with Crippen molar-refractivity contribution in [1.82, 2.24) is 15.7 Å². The first-order valence-corrected chi connectivity index (χ1v) is 8.27. The molecular weight excluding hydrogens is 336 g/mol. The van der Waals surface area contributed by atoms with E-state index in [1.54, 1.807) is 14.2 Å². The smallest absolute Gasteiger partial charge is 0.186 e. The Labute approximate surface area is 153 Å². The third-order valence-corrected chi connectivity index (χ3v) is 3.63. The molecule has 2 aromatic rings. The molecule has 0 aliphatic heterocycles. The standard InChI is InChI=1S/C18H22N4O2S/c1-5-19-18(25)22-21-17(14-8-6-7-12(2)20-14)13-9-10-15(23-3)16(11-13)24-4/h6-11H,5H2,1-4H3,(H2,19,22,25)/b21-17-. The van der Waals surface area contributed by atoms with Crippen molar-refractivity contribution in [2.24, 2.45) is 5.10 Å². The lowest BCUT2D eigenvalue weighted by Gasteiger charge is -2.12. The normalized spacial score (nSPS) is 11.0. The Morgan fingerprint density at radius 2 is 1.92 bits per heavy atom. The maximum atomic E-state index is 5.39. The first-order chi connectivity index (χ1) is 12.1.